The van der Waals surface area contributed by atoms with Gasteiger partial charge in [0, 0.05) is 16.0 Å². The quantitative estimate of drug-likeness (QED) is 0.449. The summed E-state index contributed by atoms with van der Waals surface area (Å²) >= 11 is 7.64. The number of rotatable bonds is 7. The Morgan fingerprint density at radius 3 is 2.47 bits per heavy atom. The summed E-state index contributed by atoms with van der Waals surface area (Å²) in [6.45, 7) is 4.72. The van der Waals surface area contributed by atoms with Crippen LogP contribution in [0.1, 0.15) is 26.7 Å². The third kappa shape index (κ3) is 4.38. The van der Waals surface area contributed by atoms with E-state index in [4.69, 9.17) is 4.74 Å². The molecule has 0 N–H and O–H groups in total. The summed E-state index contributed by atoms with van der Waals surface area (Å²) in [5, 5.41) is 10.8. The highest BCUT2D eigenvalue weighted by atomic mass is 79.9. The number of nitro groups is 1. The highest BCUT2D eigenvalue weighted by molar-refractivity contribution is 9.10. The molecule has 1 aromatic carbocycles. The van der Waals surface area contributed by atoms with Crippen LogP contribution in [0.25, 0.3) is 0 Å². The van der Waals surface area contributed by atoms with Crippen molar-refractivity contribution in [1.82, 2.24) is 0 Å². The monoisotopic (exact) mass is 347 g/mol. The Morgan fingerprint density at radius 2 is 2.00 bits per heavy atom. The molecule has 0 saturated carbocycles. The molecule has 0 amide bonds. The molecule has 0 bridgehead atoms. The Morgan fingerprint density at radius 1 is 1.37 bits per heavy atom. The average molecular weight is 348 g/mol. The first-order valence-electron chi connectivity index (χ1n) is 6.15. The molecule has 0 aliphatic heterocycles. The van der Waals surface area contributed by atoms with Crippen LogP contribution >= 0.6 is 28.6 Å². The van der Waals surface area contributed by atoms with Gasteiger partial charge in [-0.15, -0.1) is 0 Å². The molecule has 0 aromatic heterocycles. The Labute approximate surface area is 127 Å². The van der Waals surface area contributed by atoms with Crippen molar-refractivity contribution in [2.75, 3.05) is 12.4 Å². The van der Waals surface area contributed by atoms with Crippen molar-refractivity contribution in [2.45, 2.75) is 26.7 Å². The van der Waals surface area contributed by atoms with Crippen molar-refractivity contribution >= 4 is 34.2 Å². The van der Waals surface area contributed by atoms with Gasteiger partial charge in [-0.1, -0.05) is 29.8 Å². The van der Waals surface area contributed by atoms with E-state index in [1.165, 1.54) is 12.1 Å². The number of nitrogens with zero attached hydrogens (tertiary/aromatic N) is 1. The van der Waals surface area contributed by atoms with Gasteiger partial charge in [-0.05, 0) is 24.7 Å². The fraction of sp³-hybridized carbons (Fsp3) is 0.538. The maximum absolute atomic E-state index is 10.8. The number of halogens is 1. The van der Waals surface area contributed by atoms with Crippen molar-refractivity contribution in [3.63, 3.8) is 0 Å². The predicted molar refractivity (Wildman–Crippen MR) is 83.2 cm³/mol. The molecule has 0 aliphatic carbocycles. The Balaban J connectivity index is 2.85. The minimum absolute atomic E-state index is 0.0141. The van der Waals surface area contributed by atoms with E-state index >= 15 is 0 Å². The molecule has 4 nitrogen and oxygen atoms in total. The zero-order valence-corrected chi connectivity index (χ0v) is 13.5. The van der Waals surface area contributed by atoms with Gasteiger partial charge in [0.2, 0.25) is 0 Å². The van der Waals surface area contributed by atoms with Crippen LogP contribution in [0.2, 0.25) is 0 Å². The number of ether oxygens (including phenoxy) is 1. The topological polar surface area (TPSA) is 52.4 Å². The number of benzene rings is 1. The molecular weight excluding hydrogens is 330 g/mol. The van der Waals surface area contributed by atoms with Crippen LogP contribution in [-0.2, 0) is 0 Å². The molecule has 0 fully saturated rings. The first-order chi connectivity index (χ1) is 8.96. The molecule has 0 heterocycles. The average Bonchev–Trinajstić information content (AvgIpc) is 2.40. The van der Waals surface area contributed by atoms with Crippen molar-refractivity contribution in [3.05, 3.63) is 32.8 Å². The second-order valence-electron chi connectivity index (χ2n) is 4.56. The van der Waals surface area contributed by atoms with Gasteiger partial charge >= 0.3 is 0 Å². The fourth-order valence-electron chi connectivity index (χ4n) is 1.70. The zero-order valence-electron chi connectivity index (χ0n) is 11.1. The van der Waals surface area contributed by atoms with E-state index in [0.29, 0.717) is 16.8 Å². The van der Waals surface area contributed by atoms with Crippen molar-refractivity contribution in [1.29, 1.82) is 0 Å². The third-order valence-electron chi connectivity index (χ3n) is 3.45. The van der Waals surface area contributed by atoms with E-state index in [2.05, 4.69) is 42.4 Å². The number of hydrogen-bond donors (Lipinski definition) is 1. The van der Waals surface area contributed by atoms with Gasteiger partial charge in [0.25, 0.3) is 5.69 Å². The van der Waals surface area contributed by atoms with Gasteiger partial charge in [-0.3, -0.25) is 10.1 Å². The van der Waals surface area contributed by atoms with Crippen LogP contribution in [0.15, 0.2) is 22.7 Å². The molecule has 0 spiro atoms. The number of non-ortho nitro benzene ring substituents is 1. The molecule has 106 valence electrons. The lowest BCUT2D eigenvalue weighted by atomic mass is 9.85. The molecular formula is C13H18BrNO3S. The molecule has 0 radical (unpaired) electrons. The summed E-state index contributed by atoms with van der Waals surface area (Å²) in [7, 11) is 0. The summed E-state index contributed by atoms with van der Waals surface area (Å²) in [5.41, 5.74) is 0.0362. The van der Waals surface area contributed by atoms with Gasteiger partial charge in [-0.25, -0.2) is 0 Å². The normalized spacial score (nSPS) is 11.4. The van der Waals surface area contributed by atoms with Gasteiger partial charge in [0.05, 0.1) is 17.6 Å². The van der Waals surface area contributed by atoms with Crippen molar-refractivity contribution in [2.24, 2.45) is 5.41 Å². The molecule has 0 saturated heterocycles. The summed E-state index contributed by atoms with van der Waals surface area (Å²) in [5.74, 6) is 1.24. The molecule has 1 rings (SSSR count). The standard InChI is InChI=1S/C13H18BrNO3S/c1-3-13(4-2,9-19)8-18-12-6-10(14)5-11(7-12)15(16)17/h5-7,19H,3-4,8-9H2,1-2H3. The smallest absolute Gasteiger partial charge is 0.274 e. The Kier molecular flexibility index (Phi) is 6.13. The largest absolute Gasteiger partial charge is 0.493 e. The first kappa shape index (κ1) is 16.3. The molecule has 19 heavy (non-hydrogen) atoms. The second kappa shape index (κ2) is 7.14. The zero-order chi connectivity index (χ0) is 14.5. The van der Waals surface area contributed by atoms with E-state index in [1.807, 2.05) is 0 Å². The maximum atomic E-state index is 10.8. The van der Waals surface area contributed by atoms with Crippen molar-refractivity contribution in [3.8, 4) is 5.75 Å². The van der Waals surface area contributed by atoms with E-state index in [0.717, 1.165) is 18.6 Å². The molecule has 6 heteroatoms. The minimum Gasteiger partial charge on any atom is -0.493 e. The lowest BCUT2D eigenvalue weighted by molar-refractivity contribution is -0.385. The van der Waals surface area contributed by atoms with Crippen LogP contribution in [0.4, 0.5) is 5.69 Å². The second-order valence-corrected chi connectivity index (χ2v) is 5.79. The molecule has 0 atom stereocenters. The maximum Gasteiger partial charge on any atom is 0.274 e. The SMILES string of the molecule is CCC(CC)(CS)COc1cc(Br)cc([N+](=O)[O-])c1. The number of hydrogen-bond acceptors (Lipinski definition) is 4. The first-order valence-corrected chi connectivity index (χ1v) is 7.57. The van der Waals surface area contributed by atoms with E-state index in [-0.39, 0.29) is 11.1 Å². The van der Waals surface area contributed by atoms with Crippen LogP contribution in [0.5, 0.6) is 5.75 Å². The lowest BCUT2D eigenvalue weighted by Gasteiger charge is -2.29. The van der Waals surface area contributed by atoms with Gasteiger partial charge < -0.3 is 4.74 Å². The van der Waals surface area contributed by atoms with Gasteiger partial charge in [0.1, 0.15) is 5.75 Å². The molecule has 0 unspecified atom stereocenters. The summed E-state index contributed by atoms with van der Waals surface area (Å²) in [6.07, 6.45) is 1.92. The van der Waals surface area contributed by atoms with Gasteiger partial charge in [-0.2, -0.15) is 12.6 Å². The highest BCUT2D eigenvalue weighted by Gasteiger charge is 2.25. The fourth-order valence-corrected chi connectivity index (χ4v) is 2.70. The van der Waals surface area contributed by atoms with E-state index < -0.39 is 4.92 Å². The van der Waals surface area contributed by atoms with Crippen LogP contribution in [0.3, 0.4) is 0 Å². The summed E-state index contributed by atoms with van der Waals surface area (Å²) in [6, 6.07) is 4.64. The summed E-state index contributed by atoms with van der Waals surface area (Å²) < 4.78 is 6.37. The third-order valence-corrected chi connectivity index (χ3v) is 4.58. The van der Waals surface area contributed by atoms with E-state index in [9.17, 15) is 10.1 Å². The Hall–Kier alpha value is -0.750. The van der Waals surface area contributed by atoms with Crippen LogP contribution in [0, 0.1) is 15.5 Å². The van der Waals surface area contributed by atoms with Gasteiger partial charge in [0.15, 0.2) is 0 Å². The predicted octanol–water partition coefficient (Wildman–Crippen LogP) is 4.47. The van der Waals surface area contributed by atoms with Crippen LogP contribution in [-0.4, -0.2) is 17.3 Å². The van der Waals surface area contributed by atoms with Crippen molar-refractivity contribution < 1.29 is 9.66 Å². The number of nitro benzene ring substituents is 1. The highest BCUT2D eigenvalue weighted by Crippen LogP contribution is 2.31. The molecule has 1 aromatic rings. The van der Waals surface area contributed by atoms with E-state index in [1.54, 1.807) is 6.07 Å². The lowest BCUT2D eigenvalue weighted by Crippen LogP contribution is -2.29. The summed E-state index contributed by atoms with van der Waals surface area (Å²) in [4.78, 5) is 10.4. The Bertz CT molecular complexity index is 441. The molecule has 0 aliphatic rings. The minimum atomic E-state index is -0.427. The number of thiol groups is 1. The van der Waals surface area contributed by atoms with Crippen LogP contribution < -0.4 is 4.74 Å².